The van der Waals surface area contributed by atoms with Gasteiger partial charge in [-0.25, -0.2) is 0 Å². The molecule has 3 aromatic carbocycles. The summed E-state index contributed by atoms with van der Waals surface area (Å²) < 4.78 is 0. The summed E-state index contributed by atoms with van der Waals surface area (Å²) in [5.74, 6) is 0.751. The van der Waals surface area contributed by atoms with Crippen LogP contribution in [0.1, 0.15) is 36.5 Å². The highest BCUT2D eigenvalue weighted by Crippen LogP contribution is 2.20. The summed E-state index contributed by atoms with van der Waals surface area (Å²) in [4.78, 5) is 28.7. The maximum atomic E-state index is 13.6. The number of halogens is 2. The number of rotatable bonds is 13. The van der Waals surface area contributed by atoms with Crippen LogP contribution in [0.4, 0.5) is 0 Å². The Balaban J connectivity index is 1.81. The van der Waals surface area contributed by atoms with E-state index in [1.165, 1.54) is 11.8 Å². The third-order valence-electron chi connectivity index (χ3n) is 5.77. The molecule has 1 atom stereocenters. The van der Waals surface area contributed by atoms with Gasteiger partial charge in [-0.3, -0.25) is 9.59 Å². The number of hydrogen-bond donors (Lipinski definition) is 1. The lowest BCUT2D eigenvalue weighted by Gasteiger charge is -2.31. The van der Waals surface area contributed by atoms with Crippen molar-refractivity contribution >= 4 is 46.8 Å². The number of hydrogen-bond acceptors (Lipinski definition) is 3. The van der Waals surface area contributed by atoms with Crippen molar-refractivity contribution in [3.05, 3.63) is 106 Å². The summed E-state index contributed by atoms with van der Waals surface area (Å²) >= 11 is 13.6. The normalized spacial score (nSPS) is 11.6. The Bertz CT molecular complexity index is 1090. The predicted octanol–water partition coefficient (Wildman–Crippen LogP) is 6.78. The van der Waals surface area contributed by atoms with Crippen molar-refractivity contribution in [1.29, 1.82) is 0 Å². The van der Waals surface area contributed by atoms with E-state index in [4.69, 9.17) is 23.2 Å². The van der Waals surface area contributed by atoms with Gasteiger partial charge < -0.3 is 10.2 Å². The number of benzene rings is 3. The van der Waals surface area contributed by atoms with E-state index in [2.05, 4.69) is 12.2 Å². The molecule has 3 aromatic rings. The topological polar surface area (TPSA) is 49.4 Å². The zero-order valence-electron chi connectivity index (χ0n) is 20.5. The minimum absolute atomic E-state index is 0.0736. The van der Waals surface area contributed by atoms with Crippen molar-refractivity contribution in [1.82, 2.24) is 10.2 Å². The Morgan fingerprint density at radius 2 is 1.47 bits per heavy atom. The van der Waals surface area contributed by atoms with E-state index in [0.717, 1.165) is 29.5 Å². The first-order valence-electron chi connectivity index (χ1n) is 12.1. The van der Waals surface area contributed by atoms with Gasteiger partial charge in [0.2, 0.25) is 11.8 Å². The molecule has 0 heterocycles. The number of thioether (sulfide) groups is 1. The number of amides is 2. The number of nitrogens with zero attached hydrogens (tertiary/aromatic N) is 1. The highest BCUT2D eigenvalue weighted by molar-refractivity contribution is 7.99. The molecule has 4 nitrogen and oxygen atoms in total. The summed E-state index contributed by atoms with van der Waals surface area (Å²) in [6.07, 6.45) is 2.32. The molecular weight excluding hydrogens is 511 g/mol. The summed E-state index contributed by atoms with van der Waals surface area (Å²) in [5.41, 5.74) is 3.03. The van der Waals surface area contributed by atoms with Gasteiger partial charge in [0, 0.05) is 35.3 Å². The SMILES string of the molecule is CCCCNC(=O)[C@H](Cc1ccccc1)N(Cc1ccc(Cl)cc1)C(=O)CSCc1ccc(Cl)cc1. The molecule has 0 aliphatic carbocycles. The van der Waals surface area contributed by atoms with Gasteiger partial charge in [0.15, 0.2) is 0 Å². The smallest absolute Gasteiger partial charge is 0.243 e. The van der Waals surface area contributed by atoms with Crippen LogP contribution in [0.2, 0.25) is 10.0 Å². The first kappa shape index (κ1) is 28.1. The lowest BCUT2D eigenvalue weighted by atomic mass is 10.0. The Morgan fingerprint density at radius 3 is 2.08 bits per heavy atom. The van der Waals surface area contributed by atoms with Crippen molar-refractivity contribution in [2.45, 2.75) is 44.5 Å². The molecule has 36 heavy (non-hydrogen) atoms. The summed E-state index contributed by atoms with van der Waals surface area (Å²) in [5, 5.41) is 4.37. The third-order valence-corrected chi connectivity index (χ3v) is 7.27. The molecule has 0 aliphatic rings. The zero-order chi connectivity index (χ0) is 25.8. The van der Waals surface area contributed by atoms with Gasteiger partial charge in [0.1, 0.15) is 6.04 Å². The highest BCUT2D eigenvalue weighted by Gasteiger charge is 2.30. The van der Waals surface area contributed by atoms with Crippen LogP contribution in [-0.2, 0) is 28.3 Å². The van der Waals surface area contributed by atoms with Gasteiger partial charge in [-0.2, -0.15) is 0 Å². The van der Waals surface area contributed by atoms with Gasteiger partial charge in [-0.05, 0) is 47.4 Å². The standard InChI is InChI=1S/C29H32Cl2N2O2S/c1-2-3-17-32-29(35)27(18-22-7-5-4-6-8-22)33(19-23-9-13-25(30)14-10-23)28(34)21-36-20-24-11-15-26(31)16-12-24/h4-16,27H,2-3,17-21H2,1H3,(H,32,35)/t27-/m0/s1. The molecule has 0 aliphatic heterocycles. The van der Waals surface area contributed by atoms with Gasteiger partial charge >= 0.3 is 0 Å². The van der Waals surface area contributed by atoms with Crippen molar-refractivity contribution in [2.75, 3.05) is 12.3 Å². The molecular formula is C29H32Cl2N2O2S. The van der Waals surface area contributed by atoms with E-state index in [0.29, 0.717) is 35.3 Å². The lowest BCUT2D eigenvalue weighted by Crippen LogP contribution is -2.51. The lowest BCUT2D eigenvalue weighted by molar-refractivity contribution is -0.139. The molecule has 3 rings (SSSR count). The fourth-order valence-corrected chi connectivity index (χ4v) is 4.89. The molecule has 0 fully saturated rings. The van der Waals surface area contributed by atoms with Gasteiger partial charge in [-0.1, -0.05) is 91.1 Å². The van der Waals surface area contributed by atoms with E-state index in [1.807, 2.05) is 78.9 Å². The van der Waals surface area contributed by atoms with E-state index in [-0.39, 0.29) is 17.6 Å². The van der Waals surface area contributed by atoms with Crippen LogP contribution in [-0.4, -0.2) is 35.1 Å². The molecule has 0 spiro atoms. The minimum atomic E-state index is -0.622. The fourth-order valence-electron chi connectivity index (χ4n) is 3.77. The van der Waals surface area contributed by atoms with Crippen LogP contribution in [0.3, 0.4) is 0 Å². The molecule has 0 saturated carbocycles. The Hall–Kier alpha value is -2.47. The summed E-state index contributed by atoms with van der Waals surface area (Å²) in [7, 11) is 0. The minimum Gasteiger partial charge on any atom is -0.354 e. The molecule has 7 heteroatoms. The second-order valence-corrected chi connectivity index (χ2v) is 10.5. The maximum absolute atomic E-state index is 13.6. The average molecular weight is 544 g/mol. The molecule has 0 bridgehead atoms. The van der Waals surface area contributed by atoms with E-state index >= 15 is 0 Å². The second-order valence-electron chi connectivity index (χ2n) is 8.62. The first-order valence-corrected chi connectivity index (χ1v) is 14.0. The molecule has 190 valence electrons. The molecule has 1 N–H and O–H groups in total. The Kier molecular flexibility index (Phi) is 11.7. The monoisotopic (exact) mass is 542 g/mol. The average Bonchev–Trinajstić information content (AvgIpc) is 2.89. The van der Waals surface area contributed by atoms with E-state index < -0.39 is 6.04 Å². The van der Waals surface area contributed by atoms with Crippen LogP contribution in [0.25, 0.3) is 0 Å². The van der Waals surface area contributed by atoms with E-state index in [9.17, 15) is 9.59 Å². The number of nitrogens with one attached hydrogen (secondary N) is 1. The van der Waals surface area contributed by atoms with Gasteiger partial charge in [0.25, 0.3) is 0 Å². The highest BCUT2D eigenvalue weighted by atomic mass is 35.5. The molecule has 0 aromatic heterocycles. The van der Waals surface area contributed by atoms with Crippen LogP contribution >= 0.6 is 35.0 Å². The van der Waals surface area contributed by atoms with Crippen LogP contribution < -0.4 is 5.32 Å². The molecule has 2 amide bonds. The van der Waals surface area contributed by atoms with Crippen molar-refractivity contribution in [3.8, 4) is 0 Å². The fraction of sp³-hybridized carbons (Fsp3) is 0.310. The van der Waals surface area contributed by atoms with Gasteiger partial charge in [0.05, 0.1) is 5.75 Å². The van der Waals surface area contributed by atoms with Crippen molar-refractivity contribution in [2.24, 2.45) is 0 Å². The summed E-state index contributed by atoms with van der Waals surface area (Å²) in [6.45, 7) is 3.01. The number of carbonyl (C=O) groups is 2. The van der Waals surface area contributed by atoms with Crippen LogP contribution in [0.15, 0.2) is 78.9 Å². The van der Waals surface area contributed by atoms with Gasteiger partial charge in [-0.15, -0.1) is 11.8 Å². The maximum Gasteiger partial charge on any atom is 0.243 e. The zero-order valence-corrected chi connectivity index (χ0v) is 22.8. The van der Waals surface area contributed by atoms with Crippen molar-refractivity contribution < 1.29 is 9.59 Å². The largest absolute Gasteiger partial charge is 0.354 e. The Labute approximate surface area is 228 Å². The van der Waals surface area contributed by atoms with E-state index in [1.54, 1.807) is 4.90 Å². The predicted molar refractivity (Wildman–Crippen MR) is 151 cm³/mol. The quantitative estimate of drug-likeness (QED) is 0.242. The third kappa shape index (κ3) is 9.20. The number of unbranched alkanes of at least 4 members (excludes halogenated alkanes) is 1. The first-order chi connectivity index (χ1) is 17.5. The Morgan fingerprint density at radius 1 is 0.861 bits per heavy atom. The number of carbonyl (C=O) groups excluding carboxylic acids is 2. The van der Waals surface area contributed by atoms with Crippen LogP contribution in [0.5, 0.6) is 0 Å². The van der Waals surface area contributed by atoms with Crippen LogP contribution in [0, 0.1) is 0 Å². The summed E-state index contributed by atoms with van der Waals surface area (Å²) in [6, 6.07) is 24.3. The second kappa shape index (κ2) is 14.9. The van der Waals surface area contributed by atoms with Crippen molar-refractivity contribution in [3.63, 3.8) is 0 Å². The molecule has 0 saturated heterocycles. The molecule has 0 radical (unpaired) electrons. The molecule has 0 unspecified atom stereocenters.